The van der Waals surface area contributed by atoms with Gasteiger partial charge < -0.3 is 9.47 Å². The third-order valence-electron chi connectivity index (χ3n) is 2.51. The Hall–Kier alpha value is -0.250. The number of alkyl halides is 1. The lowest BCUT2D eigenvalue weighted by Gasteiger charge is -2.10. The molecule has 16 heavy (non-hydrogen) atoms. The second kappa shape index (κ2) is 5.89. The van der Waals surface area contributed by atoms with Crippen LogP contribution in [0.5, 0.6) is 5.75 Å². The van der Waals surface area contributed by atoms with E-state index in [0.29, 0.717) is 6.79 Å². The Morgan fingerprint density at radius 1 is 1.38 bits per heavy atom. The third kappa shape index (κ3) is 3.65. The van der Waals surface area contributed by atoms with E-state index in [1.165, 1.54) is 12.8 Å². The van der Waals surface area contributed by atoms with Gasteiger partial charge in [-0.2, -0.15) is 0 Å². The van der Waals surface area contributed by atoms with Crippen LogP contribution in [0.25, 0.3) is 0 Å². The zero-order valence-electron chi connectivity index (χ0n) is 8.92. The summed E-state index contributed by atoms with van der Waals surface area (Å²) >= 11 is 9.30. The quantitative estimate of drug-likeness (QED) is 0.449. The van der Waals surface area contributed by atoms with Crippen molar-refractivity contribution in [3.8, 4) is 5.75 Å². The van der Waals surface area contributed by atoms with Gasteiger partial charge in [0, 0.05) is 15.9 Å². The molecule has 2 nitrogen and oxygen atoms in total. The summed E-state index contributed by atoms with van der Waals surface area (Å²) in [5.74, 6) is 1.60. The first kappa shape index (κ1) is 12.2. The molecule has 1 saturated carbocycles. The average Bonchev–Trinajstić information content (AvgIpc) is 3.09. The van der Waals surface area contributed by atoms with Gasteiger partial charge in [0.1, 0.15) is 5.75 Å². The molecule has 0 heterocycles. The smallest absolute Gasteiger partial charge is 0.189 e. The number of halogens is 2. The van der Waals surface area contributed by atoms with E-state index >= 15 is 0 Å². The predicted molar refractivity (Wildman–Crippen MR) is 68.3 cm³/mol. The van der Waals surface area contributed by atoms with Crippen molar-refractivity contribution in [1.29, 1.82) is 0 Å². The lowest BCUT2D eigenvalue weighted by atomic mass is 10.2. The first-order valence-corrected chi connectivity index (χ1v) is 6.84. The second-order valence-corrected chi connectivity index (χ2v) is 4.96. The maximum Gasteiger partial charge on any atom is 0.189 e. The molecule has 0 N–H and O–H groups in total. The molecule has 0 aromatic heterocycles. The molecule has 1 aliphatic carbocycles. The van der Waals surface area contributed by atoms with Crippen molar-refractivity contribution in [2.45, 2.75) is 18.2 Å². The number of hydrogen-bond acceptors (Lipinski definition) is 2. The lowest BCUT2D eigenvalue weighted by Crippen LogP contribution is -2.06. The molecule has 1 aliphatic rings. The van der Waals surface area contributed by atoms with Crippen LogP contribution in [-0.2, 0) is 10.1 Å². The topological polar surface area (TPSA) is 18.5 Å². The van der Waals surface area contributed by atoms with Crippen LogP contribution in [0.1, 0.15) is 18.4 Å². The van der Waals surface area contributed by atoms with Crippen molar-refractivity contribution in [1.82, 2.24) is 0 Å². The standard InChI is InChI=1S/C12H14BrClO2/c13-6-10-5-11(14)3-4-12(10)16-8-15-7-9-1-2-9/h3-5,9H,1-2,6-8H2. The fourth-order valence-electron chi connectivity index (χ4n) is 1.40. The van der Waals surface area contributed by atoms with Gasteiger partial charge in [-0.1, -0.05) is 27.5 Å². The Morgan fingerprint density at radius 3 is 2.88 bits per heavy atom. The minimum Gasteiger partial charge on any atom is -0.467 e. The summed E-state index contributed by atoms with van der Waals surface area (Å²) in [6.45, 7) is 1.13. The van der Waals surface area contributed by atoms with Crippen LogP contribution in [0.4, 0.5) is 0 Å². The normalized spacial score (nSPS) is 15.1. The van der Waals surface area contributed by atoms with Gasteiger partial charge in [-0.15, -0.1) is 0 Å². The van der Waals surface area contributed by atoms with Crippen LogP contribution in [0.3, 0.4) is 0 Å². The first-order valence-electron chi connectivity index (χ1n) is 5.34. The summed E-state index contributed by atoms with van der Waals surface area (Å²) in [5, 5.41) is 1.45. The maximum absolute atomic E-state index is 5.90. The Bertz CT molecular complexity index is 353. The zero-order valence-corrected chi connectivity index (χ0v) is 11.3. The van der Waals surface area contributed by atoms with E-state index in [9.17, 15) is 0 Å². The van der Waals surface area contributed by atoms with Crippen LogP contribution in [0.2, 0.25) is 5.02 Å². The zero-order chi connectivity index (χ0) is 11.4. The molecule has 1 aromatic carbocycles. The molecule has 0 spiro atoms. The average molecular weight is 306 g/mol. The Morgan fingerprint density at radius 2 is 2.19 bits per heavy atom. The highest BCUT2D eigenvalue weighted by Gasteiger charge is 2.21. The molecule has 2 rings (SSSR count). The van der Waals surface area contributed by atoms with E-state index in [0.717, 1.165) is 34.2 Å². The van der Waals surface area contributed by atoms with Crippen LogP contribution < -0.4 is 4.74 Å². The second-order valence-electron chi connectivity index (χ2n) is 3.96. The molecule has 0 atom stereocenters. The molecule has 0 radical (unpaired) electrons. The van der Waals surface area contributed by atoms with Gasteiger partial charge in [0.25, 0.3) is 0 Å². The van der Waals surface area contributed by atoms with Crippen molar-refractivity contribution >= 4 is 27.5 Å². The van der Waals surface area contributed by atoms with Crippen LogP contribution in [0, 0.1) is 5.92 Å². The molecular formula is C12H14BrClO2. The van der Waals surface area contributed by atoms with Crippen LogP contribution >= 0.6 is 27.5 Å². The Labute approximate surface area is 109 Å². The van der Waals surface area contributed by atoms with Gasteiger partial charge >= 0.3 is 0 Å². The number of ether oxygens (including phenoxy) is 2. The van der Waals surface area contributed by atoms with Crippen molar-refractivity contribution in [3.05, 3.63) is 28.8 Å². The van der Waals surface area contributed by atoms with Gasteiger partial charge in [0.05, 0.1) is 6.61 Å². The third-order valence-corrected chi connectivity index (χ3v) is 3.35. The lowest BCUT2D eigenvalue weighted by molar-refractivity contribution is 0.00959. The van der Waals surface area contributed by atoms with Crippen molar-refractivity contribution in [3.63, 3.8) is 0 Å². The molecule has 1 aromatic rings. The van der Waals surface area contributed by atoms with Crippen molar-refractivity contribution < 1.29 is 9.47 Å². The summed E-state index contributed by atoms with van der Waals surface area (Å²) in [6.07, 6.45) is 2.60. The maximum atomic E-state index is 5.90. The van der Waals surface area contributed by atoms with E-state index in [2.05, 4.69) is 15.9 Å². The summed E-state index contributed by atoms with van der Waals surface area (Å²) in [4.78, 5) is 0. The number of benzene rings is 1. The van der Waals surface area contributed by atoms with Gasteiger partial charge in [-0.3, -0.25) is 0 Å². The molecular weight excluding hydrogens is 291 g/mol. The van der Waals surface area contributed by atoms with Gasteiger partial charge in [0.15, 0.2) is 6.79 Å². The molecule has 4 heteroatoms. The fourth-order valence-corrected chi connectivity index (χ4v) is 2.03. The minimum absolute atomic E-state index is 0.318. The summed E-state index contributed by atoms with van der Waals surface area (Å²) < 4.78 is 11.0. The highest BCUT2D eigenvalue weighted by Crippen LogP contribution is 2.29. The van der Waals surface area contributed by atoms with E-state index < -0.39 is 0 Å². The van der Waals surface area contributed by atoms with Crippen molar-refractivity contribution in [2.75, 3.05) is 13.4 Å². The summed E-state index contributed by atoms with van der Waals surface area (Å²) in [7, 11) is 0. The van der Waals surface area contributed by atoms with Crippen molar-refractivity contribution in [2.24, 2.45) is 5.92 Å². The van der Waals surface area contributed by atoms with E-state index in [1.54, 1.807) is 0 Å². The SMILES string of the molecule is Clc1ccc(OCOCC2CC2)c(CBr)c1. The molecule has 0 unspecified atom stereocenters. The summed E-state index contributed by atoms with van der Waals surface area (Å²) in [5.41, 5.74) is 1.04. The Kier molecular flexibility index (Phi) is 4.50. The van der Waals surface area contributed by atoms with E-state index in [4.69, 9.17) is 21.1 Å². The van der Waals surface area contributed by atoms with Crippen LogP contribution in [0.15, 0.2) is 18.2 Å². The highest BCUT2D eigenvalue weighted by molar-refractivity contribution is 9.08. The first-order chi connectivity index (χ1) is 7.79. The van der Waals surface area contributed by atoms with Gasteiger partial charge in [-0.25, -0.2) is 0 Å². The van der Waals surface area contributed by atoms with Gasteiger partial charge in [-0.05, 0) is 37.0 Å². The summed E-state index contributed by atoms with van der Waals surface area (Å²) in [6, 6.07) is 5.59. The predicted octanol–water partition coefficient (Wildman–Crippen LogP) is 4.00. The number of rotatable bonds is 6. The molecule has 88 valence electrons. The van der Waals surface area contributed by atoms with E-state index in [-0.39, 0.29) is 0 Å². The molecule has 0 aliphatic heterocycles. The fraction of sp³-hybridized carbons (Fsp3) is 0.500. The van der Waals surface area contributed by atoms with Crippen LogP contribution in [-0.4, -0.2) is 13.4 Å². The molecule has 0 amide bonds. The largest absolute Gasteiger partial charge is 0.467 e. The Balaban J connectivity index is 1.82. The number of hydrogen-bond donors (Lipinski definition) is 0. The van der Waals surface area contributed by atoms with Gasteiger partial charge in [0.2, 0.25) is 0 Å². The molecule has 1 fully saturated rings. The highest BCUT2D eigenvalue weighted by atomic mass is 79.9. The van der Waals surface area contributed by atoms with E-state index in [1.807, 2.05) is 18.2 Å². The minimum atomic E-state index is 0.318. The monoisotopic (exact) mass is 304 g/mol. The molecule has 0 bridgehead atoms. The molecule has 0 saturated heterocycles.